The van der Waals surface area contributed by atoms with Crippen LogP contribution >= 0.6 is 11.3 Å². The smallest absolute Gasteiger partial charge is 0.146 e. The van der Waals surface area contributed by atoms with E-state index in [1.54, 1.807) is 31.9 Å². The SMILES string of the molecule is COc1ccc(OC)c2c1ncn2Cc1csc(C)n1. The van der Waals surface area contributed by atoms with Crippen molar-refractivity contribution in [2.75, 3.05) is 14.2 Å². The molecule has 20 heavy (non-hydrogen) atoms. The Balaban J connectivity index is 2.11. The summed E-state index contributed by atoms with van der Waals surface area (Å²) in [6, 6.07) is 3.76. The minimum atomic E-state index is 0.671. The number of benzene rings is 1. The minimum Gasteiger partial charge on any atom is -0.494 e. The Bertz CT molecular complexity index is 748. The maximum absolute atomic E-state index is 5.43. The monoisotopic (exact) mass is 289 g/mol. The van der Waals surface area contributed by atoms with Crippen LogP contribution in [0.5, 0.6) is 11.5 Å². The summed E-state index contributed by atoms with van der Waals surface area (Å²) >= 11 is 1.65. The summed E-state index contributed by atoms with van der Waals surface area (Å²) < 4.78 is 12.8. The molecule has 3 aromatic rings. The van der Waals surface area contributed by atoms with E-state index in [9.17, 15) is 0 Å². The fourth-order valence-electron chi connectivity index (χ4n) is 2.23. The summed E-state index contributed by atoms with van der Waals surface area (Å²) in [6.07, 6.45) is 1.80. The number of ether oxygens (including phenoxy) is 2. The number of methoxy groups -OCH3 is 2. The largest absolute Gasteiger partial charge is 0.494 e. The number of fused-ring (bicyclic) bond motifs is 1. The van der Waals surface area contributed by atoms with Gasteiger partial charge in [0, 0.05) is 5.38 Å². The second-order valence-electron chi connectivity index (χ2n) is 4.40. The minimum absolute atomic E-state index is 0.671. The van der Waals surface area contributed by atoms with Gasteiger partial charge in [-0.15, -0.1) is 11.3 Å². The number of rotatable bonds is 4. The molecule has 6 heteroatoms. The van der Waals surface area contributed by atoms with Crippen molar-refractivity contribution in [1.29, 1.82) is 0 Å². The molecule has 104 valence electrons. The van der Waals surface area contributed by atoms with Gasteiger partial charge < -0.3 is 14.0 Å². The van der Waals surface area contributed by atoms with Crippen LogP contribution in [0.15, 0.2) is 23.8 Å². The van der Waals surface area contributed by atoms with E-state index in [4.69, 9.17) is 9.47 Å². The van der Waals surface area contributed by atoms with E-state index < -0.39 is 0 Å². The molecule has 0 amide bonds. The van der Waals surface area contributed by atoms with Crippen molar-refractivity contribution in [3.05, 3.63) is 34.5 Å². The standard InChI is InChI=1S/C14H15N3O2S/c1-9-16-10(7-20-9)6-17-8-15-13-11(18-2)4-5-12(19-3)14(13)17/h4-5,7-8H,6H2,1-3H3. The van der Waals surface area contributed by atoms with Gasteiger partial charge >= 0.3 is 0 Å². The number of hydrogen-bond donors (Lipinski definition) is 0. The molecule has 0 saturated heterocycles. The first-order chi connectivity index (χ1) is 9.72. The van der Waals surface area contributed by atoms with Crippen molar-refractivity contribution < 1.29 is 9.47 Å². The van der Waals surface area contributed by atoms with Gasteiger partial charge in [-0.1, -0.05) is 0 Å². The van der Waals surface area contributed by atoms with Gasteiger partial charge in [0.05, 0.1) is 37.8 Å². The van der Waals surface area contributed by atoms with Crippen molar-refractivity contribution in [2.45, 2.75) is 13.5 Å². The fourth-order valence-corrected chi connectivity index (χ4v) is 2.84. The van der Waals surface area contributed by atoms with Crippen LogP contribution in [0.25, 0.3) is 11.0 Å². The lowest BCUT2D eigenvalue weighted by Crippen LogP contribution is -2.00. The zero-order chi connectivity index (χ0) is 14.1. The van der Waals surface area contributed by atoms with E-state index in [1.165, 1.54) is 0 Å². The molecule has 5 nitrogen and oxygen atoms in total. The molecule has 0 atom stereocenters. The van der Waals surface area contributed by atoms with Crippen molar-refractivity contribution in [3.63, 3.8) is 0 Å². The molecular formula is C14H15N3O2S. The highest BCUT2D eigenvalue weighted by Gasteiger charge is 2.14. The van der Waals surface area contributed by atoms with Crippen LogP contribution in [0, 0.1) is 6.92 Å². The number of imidazole rings is 1. The van der Waals surface area contributed by atoms with Gasteiger partial charge in [0.1, 0.15) is 22.5 Å². The maximum Gasteiger partial charge on any atom is 0.146 e. The third kappa shape index (κ3) is 2.12. The molecule has 0 radical (unpaired) electrons. The highest BCUT2D eigenvalue weighted by Crippen LogP contribution is 2.32. The van der Waals surface area contributed by atoms with Crippen LogP contribution < -0.4 is 9.47 Å². The molecule has 0 aliphatic rings. The summed E-state index contributed by atoms with van der Waals surface area (Å²) in [5, 5.41) is 3.13. The van der Waals surface area contributed by atoms with E-state index in [-0.39, 0.29) is 0 Å². The average Bonchev–Trinajstić information content (AvgIpc) is 3.05. The van der Waals surface area contributed by atoms with E-state index >= 15 is 0 Å². The molecule has 0 fully saturated rings. The Hall–Kier alpha value is -2.08. The van der Waals surface area contributed by atoms with Gasteiger partial charge in [0.2, 0.25) is 0 Å². The Morgan fingerprint density at radius 3 is 2.60 bits per heavy atom. The van der Waals surface area contributed by atoms with Gasteiger partial charge in [0.15, 0.2) is 0 Å². The first-order valence-electron chi connectivity index (χ1n) is 6.19. The molecule has 0 bridgehead atoms. The summed E-state index contributed by atoms with van der Waals surface area (Å²) in [7, 11) is 3.30. The molecule has 0 aliphatic carbocycles. The predicted molar refractivity (Wildman–Crippen MR) is 78.8 cm³/mol. The Kier molecular flexibility index (Phi) is 3.31. The number of hydrogen-bond acceptors (Lipinski definition) is 5. The first-order valence-corrected chi connectivity index (χ1v) is 7.07. The fraction of sp³-hybridized carbons (Fsp3) is 0.286. The Morgan fingerprint density at radius 1 is 1.20 bits per heavy atom. The van der Waals surface area contributed by atoms with Gasteiger partial charge in [0.25, 0.3) is 0 Å². The summed E-state index contributed by atoms with van der Waals surface area (Å²) in [5.74, 6) is 1.53. The topological polar surface area (TPSA) is 49.2 Å². The van der Waals surface area contributed by atoms with Crippen molar-refractivity contribution in [1.82, 2.24) is 14.5 Å². The van der Waals surface area contributed by atoms with Crippen molar-refractivity contribution in [2.24, 2.45) is 0 Å². The molecule has 3 rings (SSSR count). The summed E-state index contributed by atoms with van der Waals surface area (Å²) in [5.41, 5.74) is 2.76. The molecule has 2 aromatic heterocycles. The van der Waals surface area contributed by atoms with Crippen LogP contribution in [0.3, 0.4) is 0 Å². The number of thiazole rings is 1. The van der Waals surface area contributed by atoms with E-state index in [0.717, 1.165) is 33.2 Å². The molecule has 0 N–H and O–H groups in total. The van der Waals surface area contributed by atoms with Gasteiger partial charge in [-0.2, -0.15) is 0 Å². The lowest BCUT2D eigenvalue weighted by Gasteiger charge is -2.08. The molecule has 0 spiro atoms. The summed E-state index contributed by atoms with van der Waals surface area (Å²) in [4.78, 5) is 8.92. The Labute approximate surface area is 120 Å². The van der Waals surface area contributed by atoms with Crippen LogP contribution in [0.1, 0.15) is 10.7 Å². The predicted octanol–water partition coefficient (Wildman–Crippen LogP) is 2.87. The molecule has 0 unspecified atom stereocenters. The van der Waals surface area contributed by atoms with Crippen LogP contribution in [-0.2, 0) is 6.54 Å². The molecular weight excluding hydrogens is 274 g/mol. The molecule has 0 aliphatic heterocycles. The van der Waals surface area contributed by atoms with E-state index in [2.05, 4.69) is 15.3 Å². The average molecular weight is 289 g/mol. The molecule has 1 aromatic carbocycles. The van der Waals surface area contributed by atoms with Gasteiger partial charge in [-0.3, -0.25) is 0 Å². The number of aryl methyl sites for hydroxylation is 1. The number of aromatic nitrogens is 3. The van der Waals surface area contributed by atoms with E-state index in [0.29, 0.717) is 6.54 Å². The molecule has 0 saturated carbocycles. The van der Waals surface area contributed by atoms with Gasteiger partial charge in [-0.25, -0.2) is 9.97 Å². The quantitative estimate of drug-likeness (QED) is 0.741. The molecule has 2 heterocycles. The first kappa shape index (κ1) is 12.9. The van der Waals surface area contributed by atoms with Gasteiger partial charge in [-0.05, 0) is 19.1 Å². The Morgan fingerprint density at radius 2 is 1.95 bits per heavy atom. The zero-order valence-electron chi connectivity index (χ0n) is 11.6. The van der Waals surface area contributed by atoms with Crippen molar-refractivity contribution in [3.8, 4) is 11.5 Å². The third-order valence-corrected chi connectivity index (χ3v) is 3.95. The highest BCUT2D eigenvalue weighted by atomic mass is 32.1. The normalized spacial score (nSPS) is 10.9. The second kappa shape index (κ2) is 5.13. The van der Waals surface area contributed by atoms with Crippen molar-refractivity contribution >= 4 is 22.4 Å². The second-order valence-corrected chi connectivity index (χ2v) is 5.46. The lowest BCUT2D eigenvalue weighted by atomic mass is 10.2. The van der Waals surface area contributed by atoms with E-state index in [1.807, 2.05) is 23.6 Å². The third-order valence-electron chi connectivity index (χ3n) is 3.13. The highest BCUT2D eigenvalue weighted by molar-refractivity contribution is 7.09. The summed E-state index contributed by atoms with van der Waals surface area (Å²) in [6.45, 7) is 2.67. The van der Waals surface area contributed by atoms with Crippen LogP contribution in [0.2, 0.25) is 0 Å². The lowest BCUT2D eigenvalue weighted by molar-refractivity contribution is 0.408. The number of nitrogens with zero attached hydrogens (tertiary/aromatic N) is 3. The zero-order valence-corrected chi connectivity index (χ0v) is 12.4. The van der Waals surface area contributed by atoms with Crippen LogP contribution in [0.4, 0.5) is 0 Å². The maximum atomic E-state index is 5.43. The van der Waals surface area contributed by atoms with Crippen LogP contribution in [-0.4, -0.2) is 28.8 Å².